The van der Waals surface area contributed by atoms with Gasteiger partial charge in [-0.3, -0.25) is 14.6 Å². The van der Waals surface area contributed by atoms with Gasteiger partial charge in [0.05, 0.1) is 18.4 Å². The molecule has 0 saturated heterocycles. The molecular formula is C26H22N6O. The van der Waals surface area contributed by atoms with Crippen LogP contribution in [-0.2, 0) is 6.54 Å². The fraction of sp³-hybridized carbons (Fsp3) is 0.154. The number of fused-ring (bicyclic) bond motifs is 1. The van der Waals surface area contributed by atoms with Crippen molar-refractivity contribution < 1.29 is 0 Å². The first kappa shape index (κ1) is 20.5. The van der Waals surface area contributed by atoms with Gasteiger partial charge in [0, 0.05) is 23.5 Å². The first-order chi connectivity index (χ1) is 16.0. The van der Waals surface area contributed by atoms with Crippen LogP contribution in [0, 0.1) is 11.3 Å². The molecule has 7 heteroatoms. The van der Waals surface area contributed by atoms with E-state index in [-0.39, 0.29) is 11.5 Å². The number of nitrogens with one attached hydrogen (secondary N) is 1. The Hall–Kier alpha value is -4.44. The van der Waals surface area contributed by atoms with E-state index in [0.717, 1.165) is 16.7 Å². The maximum atomic E-state index is 13.1. The Bertz CT molecular complexity index is 1550. The molecule has 3 aromatic heterocycles. The van der Waals surface area contributed by atoms with Crippen molar-refractivity contribution in [2.75, 3.05) is 0 Å². The van der Waals surface area contributed by atoms with Crippen molar-refractivity contribution in [3.8, 4) is 28.5 Å². The number of aromatic amines is 1. The molecular weight excluding hydrogens is 412 g/mol. The molecule has 0 bridgehead atoms. The Morgan fingerprint density at radius 3 is 2.61 bits per heavy atom. The molecule has 2 aromatic carbocycles. The predicted octanol–water partition coefficient (Wildman–Crippen LogP) is 4.60. The van der Waals surface area contributed by atoms with Gasteiger partial charge in [0.15, 0.2) is 5.65 Å². The van der Waals surface area contributed by atoms with E-state index in [0.29, 0.717) is 29.0 Å². The van der Waals surface area contributed by atoms with Gasteiger partial charge in [-0.2, -0.15) is 10.4 Å². The Balaban J connectivity index is 1.53. The summed E-state index contributed by atoms with van der Waals surface area (Å²) in [6, 6.07) is 20.7. The quantitative estimate of drug-likeness (QED) is 0.438. The van der Waals surface area contributed by atoms with Gasteiger partial charge in [0.1, 0.15) is 11.6 Å². The summed E-state index contributed by atoms with van der Waals surface area (Å²) >= 11 is 0. The number of aromatic nitrogens is 5. The number of rotatable bonds is 5. The Kier molecular flexibility index (Phi) is 5.11. The van der Waals surface area contributed by atoms with E-state index in [1.165, 1.54) is 16.3 Å². The monoisotopic (exact) mass is 434 g/mol. The second kappa shape index (κ2) is 8.24. The van der Waals surface area contributed by atoms with Gasteiger partial charge >= 0.3 is 0 Å². The summed E-state index contributed by atoms with van der Waals surface area (Å²) in [6.07, 6.45) is 5.13. The Labute approximate surface area is 190 Å². The minimum atomic E-state index is -0.199. The van der Waals surface area contributed by atoms with E-state index in [4.69, 9.17) is 0 Å². The van der Waals surface area contributed by atoms with Crippen molar-refractivity contribution in [2.45, 2.75) is 26.3 Å². The molecule has 33 heavy (non-hydrogen) atoms. The zero-order chi connectivity index (χ0) is 22.9. The van der Waals surface area contributed by atoms with E-state index in [1.807, 2.05) is 49.0 Å². The molecule has 0 spiro atoms. The average molecular weight is 435 g/mol. The molecule has 0 aliphatic heterocycles. The first-order valence-corrected chi connectivity index (χ1v) is 10.8. The molecule has 0 unspecified atom stereocenters. The standard InChI is InChI=1S/C26H22N6O/c1-17(2)23-24(30-25-21(12-27)13-29-32(25)26(23)33)22-14-28-31(16-22)15-18-7-6-10-20(11-18)19-8-4-3-5-9-19/h3-11,13-14,16-17,29H,15H2,1-2H3. The van der Waals surface area contributed by atoms with Crippen LogP contribution in [0.3, 0.4) is 0 Å². The van der Waals surface area contributed by atoms with E-state index in [1.54, 1.807) is 6.20 Å². The SMILES string of the molecule is CC(C)c1c(-c2cnn(Cc3cccc(-c4ccccc4)c3)c2)nc2c(C#N)c[nH]n2c1=O. The van der Waals surface area contributed by atoms with Crippen molar-refractivity contribution in [1.82, 2.24) is 24.4 Å². The largest absolute Gasteiger partial charge is 0.295 e. The fourth-order valence-corrected chi connectivity index (χ4v) is 4.09. The number of H-pyrrole nitrogens is 1. The summed E-state index contributed by atoms with van der Waals surface area (Å²) in [4.78, 5) is 17.8. The number of hydrogen-bond donors (Lipinski definition) is 1. The van der Waals surface area contributed by atoms with Gasteiger partial charge in [-0.1, -0.05) is 62.4 Å². The second-order valence-electron chi connectivity index (χ2n) is 8.28. The van der Waals surface area contributed by atoms with Crippen molar-refractivity contribution in [2.24, 2.45) is 0 Å². The van der Waals surface area contributed by atoms with E-state index >= 15 is 0 Å². The van der Waals surface area contributed by atoms with E-state index in [9.17, 15) is 10.1 Å². The lowest BCUT2D eigenvalue weighted by molar-refractivity contribution is 0.687. The maximum absolute atomic E-state index is 13.1. The second-order valence-corrected chi connectivity index (χ2v) is 8.28. The number of benzene rings is 2. The van der Waals surface area contributed by atoms with Crippen LogP contribution in [0.1, 0.15) is 36.5 Å². The third kappa shape index (κ3) is 3.72. The number of nitriles is 1. The van der Waals surface area contributed by atoms with Crippen molar-refractivity contribution >= 4 is 5.65 Å². The minimum absolute atomic E-state index is 0.0448. The molecule has 0 saturated carbocycles. The summed E-state index contributed by atoms with van der Waals surface area (Å²) in [5.74, 6) is -0.0448. The molecule has 1 N–H and O–H groups in total. The molecule has 0 atom stereocenters. The molecule has 5 rings (SSSR count). The molecule has 7 nitrogen and oxygen atoms in total. The molecule has 0 aliphatic rings. The van der Waals surface area contributed by atoms with Gasteiger partial charge in [0.2, 0.25) is 0 Å². The van der Waals surface area contributed by atoms with Crippen molar-refractivity contribution in [1.29, 1.82) is 5.26 Å². The van der Waals surface area contributed by atoms with Crippen LogP contribution in [0.4, 0.5) is 0 Å². The van der Waals surface area contributed by atoms with Crippen LogP contribution < -0.4 is 5.56 Å². The zero-order valence-electron chi connectivity index (χ0n) is 18.4. The topological polar surface area (TPSA) is 91.8 Å². The van der Waals surface area contributed by atoms with Gasteiger partial charge in [0.25, 0.3) is 5.56 Å². The third-order valence-corrected chi connectivity index (χ3v) is 5.68. The van der Waals surface area contributed by atoms with E-state index < -0.39 is 0 Å². The highest BCUT2D eigenvalue weighted by atomic mass is 16.1. The minimum Gasteiger partial charge on any atom is -0.295 e. The average Bonchev–Trinajstić information content (AvgIpc) is 3.46. The van der Waals surface area contributed by atoms with Gasteiger partial charge in [-0.05, 0) is 28.7 Å². The molecule has 0 fully saturated rings. The predicted molar refractivity (Wildman–Crippen MR) is 127 cm³/mol. The lowest BCUT2D eigenvalue weighted by Crippen LogP contribution is -2.22. The van der Waals surface area contributed by atoms with Gasteiger partial charge in [-0.15, -0.1) is 0 Å². The van der Waals surface area contributed by atoms with Gasteiger partial charge < -0.3 is 0 Å². The van der Waals surface area contributed by atoms with E-state index in [2.05, 4.69) is 51.6 Å². The lowest BCUT2D eigenvalue weighted by atomic mass is 10.00. The summed E-state index contributed by atoms with van der Waals surface area (Å²) in [6.45, 7) is 4.51. The summed E-state index contributed by atoms with van der Waals surface area (Å²) in [7, 11) is 0. The highest BCUT2D eigenvalue weighted by Crippen LogP contribution is 2.26. The Morgan fingerprint density at radius 2 is 1.85 bits per heavy atom. The van der Waals surface area contributed by atoms with Crippen LogP contribution in [0.5, 0.6) is 0 Å². The lowest BCUT2D eigenvalue weighted by Gasteiger charge is -2.10. The normalized spacial score (nSPS) is 11.2. The number of hydrogen-bond acceptors (Lipinski definition) is 4. The highest BCUT2D eigenvalue weighted by molar-refractivity contribution is 5.67. The van der Waals surface area contributed by atoms with Crippen LogP contribution in [-0.4, -0.2) is 24.4 Å². The molecule has 5 aromatic rings. The fourth-order valence-electron chi connectivity index (χ4n) is 4.09. The first-order valence-electron chi connectivity index (χ1n) is 10.8. The van der Waals surface area contributed by atoms with Gasteiger partial charge in [-0.25, -0.2) is 9.50 Å². The molecule has 0 amide bonds. The zero-order valence-corrected chi connectivity index (χ0v) is 18.4. The molecule has 0 radical (unpaired) electrons. The Morgan fingerprint density at radius 1 is 1.06 bits per heavy atom. The number of nitrogens with zero attached hydrogens (tertiary/aromatic N) is 5. The smallest absolute Gasteiger partial charge is 0.276 e. The summed E-state index contributed by atoms with van der Waals surface area (Å²) in [5.41, 5.74) is 5.80. The maximum Gasteiger partial charge on any atom is 0.276 e. The molecule has 3 heterocycles. The van der Waals surface area contributed by atoms with Crippen LogP contribution in [0.15, 0.2) is 78.0 Å². The molecule has 162 valence electrons. The third-order valence-electron chi connectivity index (χ3n) is 5.68. The van der Waals surface area contributed by atoms with Crippen molar-refractivity contribution in [3.05, 3.63) is 100 Å². The molecule has 0 aliphatic carbocycles. The summed E-state index contributed by atoms with van der Waals surface area (Å²) < 4.78 is 3.17. The summed E-state index contributed by atoms with van der Waals surface area (Å²) in [5, 5.41) is 16.7. The highest BCUT2D eigenvalue weighted by Gasteiger charge is 2.20. The van der Waals surface area contributed by atoms with Crippen LogP contribution in [0.2, 0.25) is 0 Å². The van der Waals surface area contributed by atoms with Crippen molar-refractivity contribution in [3.63, 3.8) is 0 Å². The van der Waals surface area contributed by atoms with Crippen LogP contribution in [0.25, 0.3) is 28.0 Å². The van der Waals surface area contributed by atoms with Crippen LogP contribution >= 0.6 is 0 Å².